The number of carbonyl (C=O) groups is 1. The van der Waals surface area contributed by atoms with E-state index in [0.717, 1.165) is 17.6 Å². The average Bonchev–Trinajstić information content (AvgIpc) is 2.24. The van der Waals surface area contributed by atoms with Crippen molar-refractivity contribution >= 4 is 12.4 Å². The standard InChI is InChI=1S/C11H13NO2/c1-12-9-14-11-7-3-2-5-10(11)6-4-8-13/h2-8,12H,9H2,1H3/b6-4+. The molecule has 0 aromatic heterocycles. The van der Waals surface area contributed by atoms with Crippen LogP contribution in [0.5, 0.6) is 5.75 Å². The van der Waals surface area contributed by atoms with Gasteiger partial charge in [-0.1, -0.05) is 18.2 Å². The maximum atomic E-state index is 10.2. The van der Waals surface area contributed by atoms with Crippen molar-refractivity contribution in [1.29, 1.82) is 0 Å². The van der Waals surface area contributed by atoms with Crippen LogP contribution in [0.25, 0.3) is 6.08 Å². The van der Waals surface area contributed by atoms with Crippen LogP contribution in [0.1, 0.15) is 5.56 Å². The van der Waals surface area contributed by atoms with E-state index in [4.69, 9.17) is 4.74 Å². The normalized spacial score (nSPS) is 10.4. The van der Waals surface area contributed by atoms with Gasteiger partial charge < -0.3 is 4.74 Å². The molecule has 0 fully saturated rings. The second-order valence-corrected chi connectivity index (χ2v) is 2.68. The molecule has 0 aliphatic heterocycles. The van der Waals surface area contributed by atoms with E-state index in [1.54, 1.807) is 6.08 Å². The topological polar surface area (TPSA) is 38.3 Å². The van der Waals surface area contributed by atoms with Crippen LogP contribution in [-0.2, 0) is 4.79 Å². The number of ether oxygens (including phenoxy) is 1. The van der Waals surface area contributed by atoms with Crippen LogP contribution in [0.2, 0.25) is 0 Å². The van der Waals surface area contributed by atoms with Crippen LogP contribution in [0.15, 0.2) is 30.3 Å². The van der Waals surface area contributed by atoms with Gasteiger partial charge in [0, 0.05) is 5.56 Å². The molecule has 1 aromatic carbocycles. The van der Waals surface area contributed by atoms with Crippen molar-refractivity contribution in [3.8, 4) is 5.75 Å². The first kappa shape index (κ1) is 10.5. The van der Waals surface area contributed by atoms with Gasteiger partial charge in [0.15, 0.2) is 0 Å². The molecule has 0 radical (unpaired) electrons. The number of rotatable bonds is 5. The third kappa shape index (κ3) is 3.03. The predicted octanol–water partition coefficient (Wildman–Crippen LogP) is 1.45. The summed E-state index contributed by atoms with van der Waals surface area (Å²) in [5.74, 6) is 0.764. The quantitative estimate of drug-likeness (QED) is 0.435. The third-order valence-electron chi connectivity index (χ3n) is 1.65. The fraction of sp³-hybridized carbons (Fsp3) is 0.182. The Morgan fingerprint density at radius 3 is 2.93 bits per heavy atom. The van der Waals surface area contributed by atoms with Gasteiger partial charge in [-0.3, -0.25) is 10.1 Å². The van der Waals surface area contributed by atoms with E-state index in [1.807, 2.05) is 31.3 Å². The van der Waals surface area contributed by atoms with Crippen molar-refractivity contribution < 1.29 is 9.53 Å². The first-order chi connectivity index (χ1) is 6.88. The molecule has 0 saturated carbocycles. The molecular formula is C11H13NO2. The van der Waals surface area contributed by atoms with Crippen molar-refractivity contribution in [3.63, 3.8) is 0 Å². The monoisotopic (exact) mass is 191 g/mol. The number of hydrogen-bond acceptors (Lipinski definition) is 3. The number of hydrogen-bond donors (Lipinski definition) is 1. The maximum Gasteiger partial charge on any atom is 0.142 e. The molecule has 1 rings (SSSR count). The highest BCUT2D eigenvalue weighted by atomic mass is 16.5. The number of para-hydroxylation sites is 1. The van der Waals surface area contributed by atoms with Gasteiger partial charge in [0.2, 0.25) is 0 Å². The molecule has 0 aliphatic rings. The lowest BCUT2D eigenvalue weighted by molar-refractivity contribution is -0.104. The van der Waals surface area contributed by atoms with Crippen LogP contribution < -0.4 is 10.1 Å². The summed E-state index contributed by atoms with van der Waals surface area (Å²) in [7, 11) is 1.81. The van der Waals surface area contributed by atoms with E-state index >= 15 is 0 Å². The van der Waals surface area contributed by atoms with Gasteiger partial charge in [-0.25, -0.2) is 0 Å². The van der Waals surface area contributed by atoms with Crippen LogP contribution in [-0.4, -0.2) is 20.1 Å². The van der Waals surface area contributed by atoms with E-state index in [-0.39, 0.29) is 0 Å². The van der Waals surface area contributed by atoms with Gasteiger partial charge in [0.1, 0.15) is 18.8 Å². The minimum absolute atomic E-state index is 0.450. The highest BCUT2D eigenvalue weighted by Gasteiger charge is 1.97. The molecule has 0 spiro atoms. The van der Waals surface area contributed by atoms with Gasteiger partial charge in [0.25, 0.3) is 0 Å². The smallest absolute Gasteiger partial charge is 0.142 e. The van der Waals surface area contributed by atoms with E-state index in [0.29, 0.717) is 6.73 Å². The van der Waals surface area contributed by atoms with Crippen LogP contribution in [0, 0.1) is 0 Å². The summed E-state index contributed by atoms with van der Waals surface area (Å²) in [6, 6.07) is 7.55. The molecule has 0 aliphatic carbocycles. The minimum Gasteiger partial charge on any atom is -0.478 e. The first-order valence-electron chi connectivity index (χ1n) is 4.36. The Morgan fingerprint density at radius 1 is 1.43 bits per heavy atom. The molecule has 1 aromatic rings. The zero-order valence-electron chi connectivity index (χ0n) is 8.07. The summed E-state index contributed by atoms with van der Waals surface area (Å²) in [5.41, 5.74) is 0.898. The van der Waals surface area contributed by atoms with Crippen LogP contribution in [0.3, 0.4) is 0 Å². The molecular weight excluding hydrogens is 178 g/mol. The Hall–Kier alpha value is -1.61. The summed E-state index contributed by atoms with van der Waals surface area (Å²) in [6.07, 6.45) is 3.91. The predicted molar refractivity (Wildman–Crippen MR) is 56.1 cm³/mol. The summed E-state index contributed by atoms with van der Waals surface area (Å²) in [6.45, 7) is 0.450. The van der Waals surface area contributed by atoms with Gasteiger partial charge in [-0.2, -0.15) is 0 Å². The fourth-order valence-corrected chi connectivity index (χ4v) is 1.04. The van der Waals surface area contributed by atoms with E-state index in [9.17, 15) is 4.79 Å². The highest BCUT2D eigenvalue weighted by molar-refractivity contribution is 5.75. The van der Waals surface area contributed by atoms with Crippen LogP contribution in [0.4, 0.5) is 0 Å². The molecule has 0 unspecified atom stereocenters. The molecule has 14 heavy (non-hydrogen) atoms. The van der Waals surface area contributed by atoms with Gasteiger partial charge in [0.05, 0.1) is 0 Å². The number of nitrogens with one attached hydrogen (secondary N) is 1. The summed E-state index contributed by atoms with van der Waals surface area (Å²) >= 11 is 0. The Bertz CT molecular complexity index is 321. The molecule has 74 valence electrons. The first-order valence-corrected chi connectivity index (χ1v) is 4.36. The summed E-state index contributed by atoms with van der Waals surface area (Å²) in [4.78, 5) is 10.2. The van der Waals surface area contributed by atoms with Crippen molar-refractivity contribution in [2.75, 3.05) is 13.8 Å². The van der Waals surface area contributed by atoms with Gasteiger partial charge >= 0.3 is 0 Å². The Balaban J connectivity index is 2.79. The van der Waals surface area contributed by atoms with E-state index < -0.39 is 0 Å². The molecule has 3 nitrogen and oxygen atoms in total. The van der Waals surface area contributed by atoms with Gasteiger partial charge in [-0.05, 0) is 25.3 Å². The molecule has 1 N–H and O–H groups in total. The van der Waals surface area contributed by atoms with Crippen molar-refractivity contribution in [1.82, 2.24) is 5.32 Å². The summed E-state index contributed by atoms with van der Waals surface area (Å²) < 4.78 is 5.41. The Kier molecular flexibility index (Phi) is 4.44. The number of carbonyl (C=O) groups excluding carboxylic acids is 1. The largest absolute Gasteiger partial charge is 0.478 e. The highest BCUT2D eigenvalue weighted by Crippen LogP contribution is 2.18. The van der Waals surface area contributed by atoms with Gasteiger partial charge in [-0.15, -0.1) is 0 Å². The maximum absolute atomic E-state index is 10.2. The van der Waals surface area contributed by atoms with E-state index in [1.165, 1.54) is 6.08 Å². The molecule has 0 atom stereocenters. The minimum atomic E-state index is 0.450. The Labute approximate surface area is 83.4 Å². The molecule has 3 heteroatoms. The second-order valence-electron chi connectivity index (χ2n) is 2.68. The van der Waals surface area contributed by atoms with Crippen molar-refractivity contribution in [2.24, 2.45) is 0 Å². The number of allylic oxidation sites excluding steroid dienone is 1. The zero-order chi connectivity index (χ0) is 10.2. The number of benzene rings is 1. The number of aldehydes is 1. The lowest BCUT2D eigenvalue weighted by Crippen LogP contribution is -2.14. The SMILES string of the molecule is CNCOc1ccccc1/C=C/C=O. The second kappa shape index (κ2) is 5.94. The lowest BCUT2D eigenvalue weighted by Gasteiger charge is -2.07. The molecule has 0 saturated heterocycles. The summed E-state index contributed by atoms with van der Waals surface area (Å²) in [5, 5.41) is 2.88. The zero-order valence-corrected chi connectivity index (χ0v) is 8.07. The molecule has 0 amide bonds. The van der Waals surface area contributed by atoms with Crippen molar-refractivity contribution in [3.05, 3.63) is 35.9 Å². The molecule has 0 heterocycles. The Morgan fingerprint density at radius 2 is 2.21 bits per heavy atom. The van der Waals surface area contributed by atoms with Crippen molar-refractivity contribution in [2.45, 2.75) is 0 Å². The van der Waals surface area contributed by atoms with E-state index in [2.05, 4.69) is 5.32 Å². The van der Waals surface area contributed by atoms with Crippen LogP contribution >= 0.6 is 0 Å². The average molecular weight is 191 g/mol. The molecule has 0 bridgehead atoms. The third-order valence-corrected chi connectivity index (χ3v) is 1.65. The lowest BCUT2D eigenvalue weighted by atomic mass is 10.2. The fourth-order valence-electron chi connectivity index (χ4n) is 1.04.